The first-order valence-electron chi connectivity index (χ1n) is 10.5. The number of fused-ring (bicyclic) bond motifs is 1. The van der Waals surface area contributed by atoms with Crippen molar-refractivity contribution in [3.05, 3.63) is 58.2 Å². The highest BCUT2D eigenvalue weighted by Crippen LogP contribution is 2.21. The van der Waals surface area contributed by atoms with Gasteiger partial charge in [-0.15, -0.1) is 10.2 Å². The summed E-state index contributed by atoms with van der Waals surface area (Å²) in [7, 11) is 0. The second-order valence-corrected chi connectivity index (χ2v) is 9.91. The first kappa shape index (κ1) is 23.8. The second kappa shape index (κ2) is 10.7. The summed E-state index contributed by atoms with van der Waals surface area (Å²) in [6.07, 6.45) is 2.40. The number of thioether (sulfide) groups is 1. The Kier molecular flexibility index (Phi) is 7.48. The van der Waals surface area contributed by atoms with E-state index < -0.39 is 0 Å². The van der Waals surface area contributed by atoms with Crippen molar-refractivity contribution in [3.8, 4) is 0 Å². The molecule has 9 nitrogen and oxygen atoms in total. The lowest BCUT2D eigenvalue weighted by Crippen LogP contribution is -2.38. The van der Waals surface area contributed by atoms with Gasteiger partial charge in [0.05, 0.1) is 5.75 Å². The smallest absolute Gasteiger partial charge is 0.237 e. The number of guanidine groups is 1. The number of carbonyl (C=O) groups is 1. The predicted molar refractivity (Wildman–Crippen MR) is 133 cm³/mol. The number of aliphatic imine (C=N–C) groups is 1. The van der Waals surface area contributed by atoms with Crippen molar-refractivity contribution in [2.45, 2.75) is 31.5 Å². The largest absolute Gasteiger partial charge is 0.361 e. The number of H-pyrrole nitrogens is 1. The molecule has 3 aromatic heterocycles. The Morgan fingerprint density at radius 2 is 1.97 bits per heavy atom. The first-order chi connectivity index (χ1) is 16.4. The Bertz CT molecular complexity index is 1330. The van der Waals surface area contributed by atoms with Crippen LogP contribution in [-0.4, -0.2) is 49.3 Å². The average Bonchev–Trinajstić information content (AvgIpc) is 3.37. The minimum absolute atomic E-state index is 0.158. The molecule has 3 heterocycles. The number of hydrogen-bond acceptors (Lipinski definition) is 8. The molecule has 0 aliphatic carbocycles. The van der Waals surface area contributed by atoms with E-state index in [4.69, 9.17) is 0 Å². The van der Waals surface area contributed by atoms with Crippen molar-refractivity contribution in [1.29, 1.82) is 0 Å². The van der Waals surface area contributed by atoms with E-state index in [-0.39, 0.29) is 23.4 Å². The summed E-state index contributed by atoms with van der Waals surface area (Å²) in [5.74, 6) is 0.211. The molecule has 0 saturated heterocycles. The Hall–Kier alpha value is -3.38. The van der Waals surface area contributed by atoms with Crippen LogP contribution < -0.4 is 10.6 Å². The van der Waals surface area contributed by atoms with Gasteiger partial charge in [0.2, 0.25) is 17.8 Å². The monoisotopic (exact) mass is 498 g/mol. The fraction of sp³-hybridized carbons (Fsp3) is 0.273. The molecule has 3 N–H and O–H groups in total. The summed E-state index contributed by atoms with van der Waals surface area (Å²) < 4.78 is 14.4. The number of halogens is 1. The highest BCUT2D eigenvalue weighted by atomic mass is 32.2. The Labute approximate surface area is 203 Å². The van der Waals surface area contributed by atoms with Crippen molar-refractivity contribution < 1.29 is 9.18 Å². The van der Waals surface area contributed by atoms with Crippen molar-refractivity contribution in [2.24, 2.45) is 4.99 Å². The fourth-order valence-corrected chi connectivity index (χ4v) is 4.89. The minimum atomic E-state index is -0.290. The Morgan fingerprint density at radius 1 is 1.18 bits per heavy atom. The van der Waals surface area contributed by atoms with E-state index in [1.165, 1.54) is 35.2 Å². The molecular weight excluding hydrogens is 475 g/mol. The predicted octanol–water partition coefficient (Wildman–Crippen LogP) is 3.79. The molecule has 0 fully saturated rings. The van der Waals surface area contributed by atoms with E-state index in [0.717, 1.165) is 37.2 Å². The van der Waals surface area contributed by atoms with Crippen LogP contribution >= 0.6 is 23.1 Å². The summed E-state index contributed by atoms with van der Waals surface area (Å²) in [4.78, 5) is 29.0. The number of amides is 1. The summed E-state index contributed by atoms with van der Waals surface area (Å²) in [6, 6.07) is 6.49. The van der Waals surface area contributed by atoms with Crippen LogP contribution in [0.3, 0.4) is 0 Å². The van der Waals surface area contributed by atoms with E-state index in [1.54, 1.807) is 6.07 Å². The van der Waals surface area contributed by atoms with Crippen molar-refractivity contribution in [1.82, 2.24) is 30.5 Å². The summed E-state index contributed by atoms with van der Waals surface area (Å²) in [5.41, 5.74) is 3.39. The maximum Gasteiger partial charge on any atom is 0.237 e. The van der Waals surface area contributed by atoms with Crippen LogP contribution in [0.15, 0.2) is 39.8 Å². The van der Waals surface area contributed by atoms with Gasteiger partial charge in [-0.25, -0.2) is 14.4 Å². The molecule has 12 heteroatoms. The lowest BCUT2D eigenvalue weighted by molar-refractivity contribution is -0.117. The van der Waals surface area contributed by atoms with Crippen LogP contribution in [0.25, 0.3) is 10.9 Å². The average molecular weight is 499 g/mol. The van der Waals surface area contributed by atoms with Crippen molar-refractivity contribution in [2.75, 3.05) is 17.6 Å². The number of hydrogen-bond donors (Lipinski definition) is 3. The van der Waals surface area contributed by atoms with Gasteiger partial charge in [0.25, 0.3) is 0 Å². The molecule has 0 bridgehead atoms. The third-order valence-electron chi connectivity index (χ3n) is 4.69. The molecule has 0 unspecified atom stereocenters. The molecule has 0 saturated carbocycles. The summed E-state index contributed by atoms with van der Waals surface area (Å²) in [5, 5.41) is 15.4. The van der Waals surface area contributed by atoms with E-state index in [1.807, 2.05) is 33.0 Å². The molecule has 0 aliphatic rings. The van der Waals surface area contributed by atoms with Crippen LogP contribution in [0.4, 0.5) is 10.3 Å². The van der Waals surface area contributed by atoms with Crippen molar-refractivity contribution in [3.63, 3.8) is 0 Å². The van der Waals surface area contributed by atoms with Gasteiger partial charge >= 0.3 is 0 Å². The number of aromatic amines is 1. The molecule has 1 aromatic carbocycles. The van der Waals surface area contributed by atoms with E-state index in [0.29, 0.717) is 18.9 Å². The number of nitrogens with zero attached hydrogens (tertiary/aromatic N) is 5. The molecule has 0 radical (unpaired) electrons. The zero-order valence-electron chi connectivity index (χ0n) is 18.8. The standard InChI is InChI=1S/C22H23FN8OS2/c1-12-8-13(2)27-21(26-12)29-20(28-19(32)11-33-22-31-30-14(3)34-22)24-7-6-15-10-25-18-5-4-16(23)9-17(15)18/h4-5,8-10,25H,6-7,11H2,1-3H3,(H2,24,26,27,28,29,32). The number of benzene rings is 1. The van der Waals surface area contributed by atoms with Crippen LogP contribution in [0.5, 0.6) is 0 Å². The normalized spacial score (nSPS) is 11.7. The molecule has 4 aromatic rings. The number of carbonyl (C=O) groups excluding carboxylic acids is 1. The van der Waals surface area contributed by atoms with Gasteiger partial charge in [-0.3, -0.25) is 20.4 Å². The lowest BCUT2D eigenvalue weighted by Gasteiger charge is -2.11. The minimum Gasteiger partial charge on any atom is -0.361 e. The van der Waals surface area contributed by atoms with Gasteiger partial charge in [0, 0.05) is 35.0 Å². The number of rotatable bonds is 7. The van der Waals surface area contributed by atoms with Crippen LogP contribution in [0.2, 0.25) is 0 Å². The topological polar surface area (TPSA) is 121 Å². The maximum absolute atomic E-state index is 13.7. The molecule has 0 spiro atoms. The third-order valence-corrected chi connectivity index (χ3v) is 6.66. The molecule has 0 atom stereocenters. The van der Waals surface area contributed by atoms with Gasteiger partial charge in [0.1, 0.15) is 10.8 Å². The first-order valence-corrected chi connectivity index (χ1v) is 12.3. The highest BCUT2D eigenvalue weighted by molar-refractivity contribution is 8.01. The van der Waals surface area contributed by atoms with Crippen LogP contribution in [0, 0.1) is 26.6 Å². The molecule has 0 aliphatic heterocycles. The Balaban J connectivity index is 1.46. The summed E-state index contributed by atoms with van der Waals surface area (Å²) in [6.45, 7) is 5.96. The third kappa shape index (κ3) is 6.35. The summed E-state index contributed by atoms with van der Waals surface area (Å²) >= 11 is 2.74. The van der Waals surface area contributed by atoms with Gasteiger partial charge in [-0.2, -0.15) is 0 Å². The van der Waals surface area contributed by atoms with Crippen LogP contribution in [0.1, 0.15) is 22.0 Å². The maximum atomic E-state index is 13.7. The SMILES string of the molecule is Cc1cc(C)nc(NC(=NCCc2c[nH]c3ccc(F)cc23)NC(=O)CSc2nnc(C)s2)n1. The molecule has 176 valence electrons. The van der Waals surface area contributed by atoms with E-state index in [2.05, 4.69) is 40.8 Å². The number of aromatic nitrogens is 5. The van der Waals surface area contributed by atoms with Gasteiger partial charge in [-0.05, 0) is 57.0 Å². The number of nitrogens with one attached hydrogen (secondary N) is 3. The van der Waals surface area contributed by atoms with E-state index >= 15 is 0 Å². The van der Waals surface area contributed by atoms with Crippen molar-refractivity contribution >= 4 is 51.8 Å². The highest BCUT2D eigenvalue weighted by Gasteiger charge is 2.12. The second-order valence-electron chi connectivity index (χ2n) is 7.51. The zero-order chi connectivity index (χ0) is 24.1. The molecule has 34 heavy (non-hydrogen) atoms. The molecule has 4 rings (SSSR count). The van der Waals surface area contributed by atoms with E-state index in [9.17, 15) is 9.18 Å². The fourth-order valence-electron chi connectivity index (χ4n) is 3.28. The quantitative estimate of drug-likeness (QED) is 0.201. The molecular formula is C22H23FN8OS2. The van der Waals surface area contributed by atoms with Gasteiger partial charge in [0.15, 0.2) is 4.34 Å². The lowest BCUT2D eigenvalue weighted by atomic mass is 10.1. The Morgan fingerprint density at radius 3 is 2.71 bits per heavy atom. The van der Waals surface area contributed by atoms with Gasteiger partial charge in [-0.1, -0.05) is 23.1 Å². The van der Waals surface area contributed by atoms with Gasteiger partial charge < -0.3 is 4.98 Å². The van der Waals surface area contributed by atoms with Crippen LogP contribution in [-0.2, 0) is 11.2 Å². The molecule has 1 amide bonds. The number of anilines is 1. The number of aryl methyl sites for hydroxylation is 3. The zero-order valence-corrected chi connectivity index (χ0v) is 20.5.